The normalized spacial score (nSPS) is 16.5. The lowest BCUT2D eigenvalue weighted by molar-refractivity contribution is -0.139. The first-order valence-electron chi connectivity index (χ1n) is 14.6. The maximum absolute atomic E-state index is 12.6. The van der Waals surface area contributed by atoms with Crippen LogP contribution < -0.4 is 9.47 Å². The van der Waals surface area contributed by atoms with Crippen LogP contribution in [0.1, 0.15) is 20.3 Å². The molecule has 0 amide bonds. The number of fused-ring (bicyclic) bond motifs is 2. The summed E-state index contributed by atoms with van der Waals surface area (Å²) in [6, 6.07) is 2.74. The lowest BCUT2D eigenvalue weighted by Gasteiger charge is -2.38. The number of benzene rings is 1. The molecule has 46 heavy (non-hydrogen) atoms. The van der Waals surface area contributed by atoms with Crippen molar-refractivity contribution < 1.29 is 36.8 Å². The molecule has 2 aliphatic heterocycles. The van der Waals surface area contributed by atoms with Gasteiger partial charge in [0.05, 0.1) is 61.6 Å². The molecule has 0 saturated carbocycles. The summed E-state index contributed by atoms with van der Waals surface area (Å²) in [6.45, 7) is 26.9. The molecule has 3 rings (SSSR count). The Hall–Kier alpha value is -1.81. The van der Waals surface area contributed by atoms with Crippen LogP contribution in [-0.4, -0.2) is 64.1 Å². The molecule has 0 unspecified atom stereocenters. The average Bonchev–Trinajstić information content (AvgIpc) is 3.55. The second-order valence-electron chi connectivity index (χ2n) is 12.1. The Morgan fingerprint density at radius 2 is 1.28 bits per heavy atom. The third kappa shape index (κ3) is 9.64. The first kappa shape index (κ1) is 38.6. The lowest BCUT2D eigenvalue weighted by Crippen LogP contribution is -2.52. The van der Waals surface area contributed by atoms with Crippen LogP contribution in [0.3, 0.4) is 0 Å². The number of hydrogen-bond donors (Lipinski definition) is 0. The minimum Gasteiger partial charge on any atom is -0.494 e. The highest BCUT2D eigenvalue weighted by Gasteiger charge is 2.41. The molecule has 17 heteroatoms. The highest BCUT2D eigenvalue weighted by molar-refractivity contribution is 8.26. The van der Waals surface area contributed by atoms with Crippen LogP contribution in [0.2, 0.25) is 51.9 Å². The lowest BCUT2D eigenvalue weighted by atomic mass is 10.3. The number of carbonyl (C=O) groups is 2. The number of nitriles is 1. The zero-order chi connectivity index (χ0) is 34.4. The van der Waals surface area contributed by atoms with E-state index in [1.165, 1.54) is 54.2 Å². The van der Waals surface area contributed by atoms with Crippen molar-refractivity contribution >= 4 is 84.2 Å². The Kier molecular flexibility index (Phi) is 13.5. The second-order valence-corrected chi connectivity index (χ2v) is 29.5. The van der Waals surface area contributed by atoms with E-state index in [4.69, 9.17) is 33.7 Å². The first-order chi connectivity index (χ1) is 21.5. The monoisotopic (exact) mass is 756 g/mol. The van der Waals surface area contributed by atoms with Gasteiger partial charge in [-0.25, -0.2) is 9.64 Å². The number of ether oxygens (including phenoxy) is 4. The molecular weight excluding hydrogens is 717 g/mol. The molecule has 0 bridgehead atoms. The van der Waals surface area contributed by atoms with Gasteiger partial charge >= 0.3 is 20.5 Å². The highest BCUT2D eigenvalue weighted by atomic mass is 32.2. The summed E-state index contributed by atoms with van der Waals surface area (Å²) >= 11 is 4.98. The number of carbonyl (C=O) groups excluding carboxylic acids is 2. The topological polar surface area (TPSA) is 118 Å². The van der Waals surface area contributed by atoms with E-state index in [9.17, 15) is 14.9 Å². The van der Waals surface area contributed by atoms with E-state index in [-0.39, 0.29) is 24.5 Å². The van der Waals surface area contributed by atoms with Gasteiger partial charge in [0.1, 0.15) is 17.6 Å². The molecular formula is C29H40N2O8S4Si3. The molecule has 0 saturated heterocycles. The molecule has 0 radical (unpaired) electrons. The van der Waals surface area contributed by atoms with Gasteiger partial charge in [0.25, 0.3) is 5.70 Å². The maximum Gasteiger partial charge on any atom is 0.350 e. The van der Waals surface area contributed by atoms with Crippen molar-refractivity contribution in [3.63, 3.8) is 0 Å². The summed E-state index contributed by atoms with van der Waals surface area (Å²) in [7, 11) is -4.71. The predicted molar refractivity (Wildman–Crippen MR) is 191 cm³/mol. The van der Waals surface area contributed by atoms with Crippen molar-refractivity contribution in [1.82, 2.24) is 0 Å². The van der Waals surface area contributed by atoms with E-state index < -0.39 is 37.1 Å². The van der Waals surface area contributed by atoms with E-state index in [0.29, 0.717) is 52.6 Å². The van der Waals surface area contributed by atoms with Gasteiger partial charge in [0, 0.05) is 0 Å². The van der Waals surface area contributed by atoms with Gasteiger partial charge in [-0.15, -0.1) is 0 Å². The van der Waals surface area contributed by atoms with Gasteiger partial charge in [0.2, 0.25) is 0 Å². The molecule has 2 heterocycles. The summed E-state index contributed by atoms with van der Waals surface area (Å²) in [6.07, 6.45) is 0.677. The molecule has 0 atom stereocenters. The summed E-state index contributed by atoms with van der Waals surface area (Å²) in [5, 5.41) is 9.86. The largest absolute Gasteiger partial charge is 0.494 e. The second kappa shape index (κ2) is 16.1. The highest BCUT2D eigenvalue weighted by Crippen LogP contribution is 2.68. The Labute approximate surface area is 292 Å². The fourth-order valence-electron chi connectivity index (χ4n) is 4.65. The van der Waals surface area contributed by atoms with E-state index in [1.807, 2.05) is 6.07 Å². The van der Waals surface area contributed by atoms with Gasteiger partial charge < -0.3 is 27.2 Å². The summed E-state index contributed by atoms with van der Waals surface area (Å²) in [5.74, 6) is -0.328. The van der Waals surface area contributed by atoms with Crippen molar-refractivity contribution in [2.45, 2.75) is 91.7 Å². The van der Waals surface area contributed by atoms with Crippen molar-refractivity contribution in [2.75, 3.05) is 26.9 Å². The SMILES string of the molecule is [C-]#[N+]C(C(=O)OCC)=C1Sc2c(OC)c3c(c(OCCC[Si](C)(O[Si](C)(C)C)O[Si](C)(C)C)c2S1)SC(=C(C#N)C(=O)OCC)S3. The first-order valence-corrected chi connectivity index (χ1v) is 27.2. The molecule has 1 aromatic carbocycles. The maximum atomic E-state index is 12.6. The average molecular weight is 757 g/mol. The molecule has 0 aliphatic carbocycles. The number of esters is 2. The molecule has 2 aliphatic rings. The molecule has 250 valence electrons. The fourth-order valence-corrected chi connectivity index (χ4v) is 22.6. The number of methoxy groups -OCH3 is 1. The van der Waals surface area contributed by atoms with Gasteiger partial charge in [-0.3, -0.25) is 4.79 Å². The molecule has 0 fully saturated rings. The van der Waals surface area contributed by atoms with E-state index in [0.717, 1.165) is 6.04 Å². The Morgan fingerprint density at radius 1 is 0.804 bits per heavy atom. The van der Waals surface area contributed by atoms with Crippen LogP contribution in [0.4, 0.5) is 0 Å². The Bertz CT molecular complexity index is 1430. The molecule has 0 spiro atoms. The zero-order valence-electron chi connectivity index (χ0n) is 27.8. The van der Waals surface area contributed by atoms with Crippen molar-refractivity contribution in [3.05, 3.63) is 31.2 Å². The summed E-state index contributed by atoms with van der Waals surface area (Å²) in [4.78, 5) is 31.5. The Morgan fingerprint density at radius 3 is 1.72 bits per heavy atom. The third-order valence-electron chi connectivity index (χ3n) is 5.86. The summed E-state index contributed by atoms with van der Waals surface area (Å²) < 4.78 is 37.0. The smallest absolute Gasteiger partial charge is 0.350 e. The van der Waals surface area contributed by atoms with Gasteiger partial charge in [0.15, 0.2) is 22.2 Å². The standard InChI is InChI=1S/C29H40N2O8S4Si3/c1-12-35-26(32)18(17-30)28-40-22-20(34-4)23-25(43-29(42-23)19(31-3)27(33)36-13-2)21(24(22)41-28)37-15-14-16-46(11,38-44(5,6)7)39-45(8,9)10/h12-16H2,1-2,4-11H3. The van der Waals surface area contributed by atoms with E-state index >= 15 is 0 Å². The number of nitrogens with zero attached hydrogens (tertiary/aromatic N) is 2. The van der Waals surface area contributed by atoms with Crippen LogP contribution >= 0.6 is 47.0 Å². The van der Waals surface area contributed by atoms with Crippen LogP contribution in [0.5, 0.6) is 11.5 Å². The van der Waals surface area contributed by atoms with E-state index in [1.54, 1.807) is 13.8 Å². The predicted octanol–water partition coefficient (Wildman–Crippen LogP) is 8.58. The minimum atomic E-state index is -2.50. The molecule has 0 N–H and O–H groups in total. The minimum absolute atomic E-state index is 0.0894. The number of hydrogen-bond acceptors (Lipinski definition) is 13. The zero-order valence-corrected chi connectivity index (χ0v) is 34.1. The Balaban J connectivity index is 2.06. The molecule has 10 nitrogen and oxygen atoms in total. The number of rotatable bonds is 14. The van der Waals surface area contributed by atoms with Crippen LogP contribution in [0, 0.1) is 17.9 Å². The number of thioether (sulfide) groups is 4. The van der Waals surface area contributed by atoms with Crippen LogP contribution in [0.25, 0.3) is 4.85 Å². The molecule has 0 aromatic heterocycles. The van der Waals surface area contributed by atoms with Gasteiger partial charge in [-0.1, -0.05) is 47.0 Å². The van der Waals surface area contributed by atoms with Gasteiger partial charge in [-0.05, 0) is 72.1 Å². The van der Waals surface area contributed by atoms with Crippen LogP contribution in [0.15, 0.2) is 39.3 Å². The fraction of sp³-hybridized carbons (Fsp3) is 0.517. The summed E-state index contributed by atoms with van der Waals surface area (Å²) in [5.41, 5.74) is -0.196. The van der Waals surface area contributed by atoms with Gasteiger partial charge in [-0.2, -0.15) is 5.26 Å². The van der Waals surface area contributed by atoms with Crippen molar-refractivity contribution in [2.24, 2.45) is 0 Å². The van der Waals surface area contributed by atoms with Crippen LogP contribution in [-0.2, 0) is 27.3 Å². The van der Waals surface area contributed by atoms with Crippen molar-refractivity contribution in [3.8, 4) is 17.6 Å². The van der Waals surface area contributed by atoms with E-state index in [2.05, 4.69) is 50.7 Å². The third-order valence-corrected chi connectivity index (χ3v) is 20.6. The molecule has 1 aromatic rings. The van der Waals surface area contributed by atoms with Crippen molar-refractivity contribution in [1.29, 1.82) is 5.26 Å². The quantitative estimate of drug-likeness (QED) is 0.0451.